The van der Waals surface area contributed by atoms with Gasteiger partial charge in [0.25, 0.3) is 0 Å². The molecule has 2 aliphatic heterocycles. The molecule has 0 spiro atoms. The highest BCUT2D eigenvalue weighted by atomic mass is 15.1. The summed E-state index contributed by atoms with van der Waals surface area (Å²) in [5.41, 5.74) is 1.54. The molecule has 1 atom stereocenters. The molecule has 110 valence electrons. The number of piperidine rings is 1. The standard InChI is InChI=1S/C18H28N2/c1-2-6-17(7-3-1)18-10-14-20(15-18)13-4-5-16-8-11-19-12-9-16/h1-3,6-7,16,18-19H,4-5,8-15H2. The van der Waals surface area contributed by atoms with Crippen LogP contribution >= 0.6 is 0 Å². The summed E-state index contributed by atoms with van der Waals surface area (Å²) in [6, 6.07) is 11.1. The van der Waals surface area contributed by atoms with E-state index in [4.69, 9.17) is 0 Å². The summed E-state index contributed by atoms with van der Waals surface area (Å²) < 4.78 is 0. The lowest BCUT2D eigenvalue weighted by molar-refractivity contribution is 0.290. The zero-order chi connectivity index (χ0) is 13.6. The van der Waals surface area contributed by atoms with Crippen LogP contribution < -0.4 is 5.32 Å². The normalized spacial score (nSPS) is 25.1. The van der Waals surface area contributed by atoms with Gasteiger partial charge in [-0.15, -0.1) is 0 Å². The molecule has 3 rings (SSSR count). The molecule has 1 aromatic rings. The fraction of sp³-hybridized carbons (Fsp3) is 0.667. The van der Waals surface area contributed by atoms with E-state index in [0.29, 0.717) is 0 Å². The average Bonchev–Trinajstić information content (AvgIpc) is 2.98. The van der Waals surface area contributed by atoms with Crippen molar-refractivity contribution < 1.29 is 0 Å². The van der Waals surface area contributed by atoms with Gasteiger partial charge in [-0.2, -0.15) is 0 Å². The highest BCUT2D eigenvalue weighted by Gasteiger charge is 2.23. The second-order valence-electron chi connectivity index (χ2n) is 6.53. The smallest absolute Gasteiger partial charge is 0.00507 e. The Bertz CT molecular complexity index is 384. The lowest BCUT2D eigenvalue weighted by Crippen LogP contribution is -2.28. The molecule has 0 amide bonds. The summed E-state index contributed by atoms with van der Waals surface area (Å²) in [4.78, 5) is 2.68. The molecule has 2 heteroatoms. The van der Waals surface area contributed by atoms with Crippen molar-refractivity contribution in [2.24, 2.45) is 5.92 Å². The molecule has 2 nitrogen and oxygen atoms in total. The Morgan fingerprint density at radius 2 is 1.85 bits per heavy atom. The van der Waals surface area contributed by atoms with Crippen LogP contribution in [-0.2, 0) is 0 Å². The van der Waals surface area contributed by atoms with Crippen molar-refractivity contribution in [2.75, 3.05) is 32.7 Å². The first-order valence-corrected chi connectivity index (χ1v) is 8.40. The van der Waals surface area contributed by atoms with E-state index in [1.54, 1.807) is 0 Å². The van der Waals surface area contributed by atoms with Gasteiger partial charge in [-0.25, -0.2) is 0 Å². The Kier molecular flexibility index (Phi) is 5.10. The number of benzene rings is 1. The third-order valence-corrected chi connectivity index (χ3v) is 5.09. The molecule has 1 unspecified atom stereocenters. The van der Waals surface area contributed by atoms with Crippen molar-refractivity contribution in [1.29, 1.82) is 0 Å². The maximum atomic E-state index is 3.46. The summed E-state index contributed by atoms with van der Waals surface area (Å²) in [7, 11) is 0. The number of hydrogen-bond acceptors (Lipinski definition) is 2. The van der Waals surface area contributed by atoms with Crippen molar-refractivity contribution in [2.45, 2.75) is 38.0 Å². The van der Waals surface area contributed by atoms with E-state index in [2.05, 4.69) is 40.5 Å². The SMILES string of the molecule is c1ccc(C2CCN(CCCC3CCNCC3)C2)cc1. The van der Waals surface area contributed by atoms with Gasteiger partial charge in [0.1, 0.15) is 0 Å². The molecule has 0 aromatic heterocycles. The Hall–Kier alpha value is -0.860. The van der Waals surface area contributed by atoms with Gasteiger partial charge in [-0.05, 0) is 75.7 Å². The first-order valence-electron chi connectivity index (χ1n) is 8.40. The summed E-state index contributed by atoms with van der Waals surface area (Å²) in [5.74, 6) is 1.76. The molecule has 1 aromatic carbocycles. The summed E-state index contributed by atoms with van der Waals surface area (Å²) in [6.07, 6.45) is 6.97. The zero-order valence-electron chi connectivity index (χ0n) is 12.6. The number of hydrogen-bond donors (Lipinski definition) is 1. The molecular weight excluding hydrogens is 244 g/mol. The second-order valence-corrected chi connectivity index (χ2v) is 6.53. The van der Waals surface area contributed by atoms with Crippen molar-refractivity contribution in [3.05, 3.63) is 35.9 Å². The van der Waals surface area contributed by atoms with Crippen molar-refractivity contribution >= 4 is 0 Å². The predicted octanol–water partition coefficient (Wildman–Crippen LogP) is 3.26. The Morgan fingerprint density at radius 3 is 2.65 bits per heavy atom. The zero-order valence-corrected chi connectivity index (χ0v) is 12.6. The molecule has 1 N–H and O–H groups in total. The van der Waals surface area contributed by atoms with Gasteiger partial charge in [0.15, 0.2) is 0 Å². The van der Waals surface area contributed by atoms with E-state index >= 15 is 0 Å². The third-order valence-electron chi connectivity index (χ3n) is 5.09. The van der Waals surface area contributed by atoms with E-state index < -0.39 is 0 Å². The van der Waals surface area contributed by atoms with Gasteiger partial charge in [0.05, 0.1) is 0 Å². The molecule has 2 saturated heterocycles. The Morgan fingerprint density at radius 1 is 1.05 bits per heavy atom. The lowest BCUT2D eigenvalue weighted by Gasteiger charge is -2.23. The molecular formula is C18H28N2. The maximum Gasteiger partial charge on any atom is 0.00507 e. The maximum absolute atomic E-state index is 3.46. The van der Waals surface area contributed by atoms with E-state index in [9.17, 15) is 0 Å². The fourth-order valence-corrected chi connectivity index (χ4v) is 3.81. The van der Waals surface area contributed by atoms with Crippen LogP contribution in [0.25, 0.3) is 0 Å². The minimum absolute atomic E-state index is 0.773. The molecule has 2 aliphatic rings. The van der Waals surface area contributed by atoms with Crippen molar-refractivity contribution in [1.82, 2.24) is 10.2 Å². The van der Waals surface area contributed by atoms with E-state index in [1.165, 1.54) is 70.4 Å². The minimum Gasteiger partial charge on any atom is -0.317 e. The summed E-state index contributed by atoms with van der Waals surface area (Å²) in [6.45, 7) is 6.37. The van der Waals surface area contributed by atoms with Gasteiger partial charge < -0.3 is 10.2 Å². The number of likely N-dealkylation sites (tertiary alicyclic amines) is 1. The number of rotatable bonds is 5. The first-order chi connectivity index (χ1) is 9.92. The van der Waals surface area contributed by atoms with Crippen LogP contribution in [0.2, 0.25) is 0 Å². The van der Waals surface area contributed by atoms with E-state index in [-0.39, 0.29) is 0 Å². The second kappa shape index (κ2) is 7.24. The fourth-order valence-electron chi connectivity index (χ4n) is 3.81. The van der Waals surface area contributed by atoms with Crippen LogP contribution in [0.4, 0.5) is 0 Å². The minimum atomic E-state index is 0.773. The van der Waals surface area contributed by atoms with Crippen LogP contribution in [0.3, 0.4) is 0 Å². The monoisotopic (exact) mass is 272 g/mol. The van der Waals surface area contributed by atoms with Crippen molar-refractivity contribution in [3.63, 3.8) is 0 Å². The van der Waals surface area contributed by atoms with Crippen LogP contribution in [-0.4, -0.2) is 37.6 Å². The third kappa shape index (κ3) is 3.83. The molecule has 0 radical (unpaired) electrons. The largest absolute Gasteiger partial charge is 0.317 e. The topological polar surface area (TPSA) is 15.3 Å². The van der Waals surface area contributed by atoms with Crippen LogP contribution in [0.5, 0.6) is 0 Å². The highest BCUT2D eigenvalue weighted by Crippen LogP contribution is 2.27. The molecule has 2 heterocycles. The van der Waals surface area contributed by atoms with Crippen LogP contribution in [0, 0.1) is 5.92 Å². The molecule has 20 heavy (non-hydrogen) atoms. The molecule has 0 aliphatic carbocycles. The number of nitrogens with zero attached hydrogens (tertiary/aromatic N) is 1. The van der Waals surface area contributed by atoms with Gasteiger partial charge in [0.2, 0.25) is 0 Å². The first kappa shape index (κ1) is 14.1. The van der Waals surface area contributed by atoms with Gasteiger partial charge >= 0.3 is 0 Å². The number of nitrogens with one attached hydrogen (secondary N) is 1. The van der Waals surface area contributed by atoms with Gasteiger partial charge in [-0.3, -0.25) is 0 Å². The summed E-state index contributed by atoms with van der Waals surface area (Å²) >= 11 is 0. The van der Waals surface area contributed by atoms with Crippen LogP contribution in [0.1, 0.15) is 43.6 Å². The lowest BCUT2D eigenvalue weighted by atomic mass is 9.93. The quantitative estimate of drug-likeness (QED) is 0.885. The van der Waals surface area contributed by atoms with Crippen LogP contribution in [0.15, 0.2) is 30.3 Å². The van der Waals surface area contributed by atoms with E-state index in [0.717, 1.165) is 11.8 Å². The molecule has 2 fully saturated rings. The van der Waals surface area contributed by atoms with E-state index in [1.807, 2.05) is 0 Å². The van der Waals surface area contributed by atoms with Crippen molar-refractivity contribution in [3.8, 4) is 0 Å². The van der Waals surface area contributed by atoms with Gasteiger partial charge in [0, 0.05) is 6.54 Å². The molecule has 0 bridgehead atoms. The summed E-state index contributed by atoms with van der Waals surface area (Å²) in [5, 5.41) is 3.46. The molecule has 0 saturated carbocycles. The Balaban J connectivity index is 1.37. The highest BCUT2D eigenvalue weighted by molar-refractivity contribution is 5.20. The Labute approximate surface area is 123 Å². The average molecular weight is 272 g/mol. The van der Waals surface area contributed by atoms with Gasteiger partial charge in [-0.1, -0.05) is 30.3 Å². The predicted molar refractivity (Wildman–Crippen MR) is 85.1 cm³/mol.